The number of ether oxygens (including phenoxy) is 1. The first-order valence-electron chi connectivity index (χ1n) is 15.7. The molecule has 1 fully saturated rings. The topological polar surface area (TPSA) is 75.7 Å². The maximum atomic E-state index is 14.5. The van der Waals surface area contributed by atoms with Crippen LogP contribution in [0.4, 0.5) is 5.69 Å². The van der Waals surface area contributed by atoms with Gasteiger partial charge in [0, 0.05) is 11.1 Å². The smallest absolute Gasteiger partial charge is 0.247 e. The molecule has 5 aromatic rings. The molecule has 1 saturated heterocycles. The zero-order chi connectivity index (χ0) is 32.7. The minimum Gasteiger partial charge on any atom is -0.457 e. The van der Waals surface area contributed by atoms with Crippen molar-refractivity contribution in [3.05, 3.63) is 138 Å². The van der Waals surface area contributed by atoms with Crippen molar-refractivity contribution >= 4 is 57.4 Å². The van der Waals surface area contributed by atoms with Crippen molar-refractivity contribution in [2.45, 2.75) is 29.6 Å². The molecule has 0 aromatic heterocycles. The summed E-state index contributed by atoms with van der Waals surface area (Å²) in [5, 5.41) is 4.99. The van der Waals surface area contributed by atoms with E-state index in [1.807, 2.05) is 105 Å². The number of hydrogen-bond acceptors (Lipinski definition) is 4. The number of fused-ring (bicyclic) bond motifs is 1. The van der Waals surface area contributed by atoms with Crippen LogP contribution in [0.2, 0.25) is 0 Å². The maximum Gasteiger partial charge on any atom is 0.247 e. The number of likely N-dealkylation sites (tertiary alicyclic amines) is 1. The standard InChI is InChI=1S/C39H30Cl2N2O4/c1-22(2)34(35(44)42-24-18-20-25(21-19-24)47-31-17-9-11-23-10-3-4-12-26(23)31)43-36(45)32-33(37(43)46)39(41)28-14-6-5-13-27(28)38(32,40)29-15-7-8-16-30(29)39/h3-22,32-34H,1-2H3,(H,42,44)/t32-,33-,34+,38?,39?/m1/s1. The third-order valence-electron chi connectivity index (χ3n) is 9.90. The highest BCUT2D eigenvalue weighted by molar-refractivity contribution is 6.36. The second-order valence-electron chi connectivity index (χ2n) is 12.8. The van der Waals surface area contributed by atoms with Crippen LogP contribution >= 0.6 is 23.2 Å². The van der Waals surface area contributed by atoms with Gasteiger partial charge in [0.15, 0.2) is 0 Å². The summed E-state index contributed by atoms with van der Waals surface area (Å²) in [4.78, 5) is 41.5. The Balaban J connectivity index is 1.10. The Kier molecular flexibility index (Phi) is 6.76. The third kappa shape index (κ3) is 4.14. The van der Waals surface area contributed by atoms with Crippen LogP contribution in [-0.4, -0.2) is 28.7 Å². The molecule has 2 bridgehead atoms. The number of benzene rings is 5. The van der Waals surface area contributed by atoms with E-state index in [1.165, 1.54) is 0 Å². The lowest BCUT2D eigenvalue weighted by Crippen LogP contribution is -2.57. The predicted molar refractivity (Wildman–Crippen MR) is 183 cm³/mol. The molecule has 234 valence electrons. The van der Waals surface area contributed by atoms with Crippen LogP contribution in [0.15, 0.2) is 115 Å². The number of nitrogens with one attached hydrogen (secondary N) is 1. The summed E-state index contributed by atoms with van der Waals surface area (Å²) in [6, 6.07) is 34.8. The van der Waals surface area contributed by atoms with Crippen molar-refractivity contribution < 1.29 is 19.1 Å². The number of carbonyl (C=O) groups excluding carboxylic acids is 3. The van der Waals surface area contributed by atoms with Gasteiger partial charge >= 0.3 is 0 Å². The van der Waals surface area contributed by atoms with Crippen LogP contribution in [0.5, 0.6) is 11.5 Å². The van der Waals surface area contributed by atoms with Crippen molar-refractivity contribution in [1.29, 1.82) is 0 Å². The van der Waals surface area contributed by atoms with Gasteiger partial charge in [0.05, 0.1) is 11.8 Å². The van der Waals surface area contributed by atoms with Crippen LogP contribution in [0, 0.1) is 17.8 Å². The van der Waals surface area contributed by atoms with E-state index in [2.05, 4.69) is 5.32 Å². The lowest BCUT2D eigenvalue weighted by atomic mass is 9.54. The van der Waals surface area contributed by atoms with E-state index in [-0.39, 0.29) is 0 Å². The van der Waals surface area contributed by atoms with E-state index < -0.39 is 51.3 Å². The van der Waals surface area contributed by atoms with E-state index in [4.69, 9.17) is 27.9 Å². The average molecular weight is 662 g/mol. The SMILES string of the molecule is CC(C)[C@@H](C(=O)Nc1ccc(Oc2cccc3ccccc23)cc1)N1C(=O)[C@H]2[C@H](C1=O)C1(Cl)c3ccccc3C2(Cl)c2ccccc21. The van der Waals surface area contributed by atoms with Crippen LogP contribution < -0.4 is 10.1 Å². The molecule has 3 aliphatic carbocycles. The molecule has 4 aliphatic rings. The highest BCUT2D eigenvalue weighted by atomic mass is 35.5. The second kappa shape index (κ2) is 10.7. The van der Waals surface area contributed by atoms with Gasteiger partial charge in [-0.2, -0.15) is 0 Å². The van der Waals surface area contributed by atoms with Gasteiger partial charge in [-0.15, -0.1) is 23.2 Å². The number of nitrogens with zero attached hydrogens (tertiary/aromatic N) is 1. The highest BCUT2D eigenvalue weighted by Gasteiger charge is 2.73. The van der Waals surface area contributed by atoms with Crippen molar-refractivity contribution in [2.24, 2.45) is 17.8 Å². The van der Waals surface area contributed by atoms with Gasteiger partial charge < -0.3 is 10.1 Å². The predicted octanol–water partition coefficient (Wildman–Crippen LogP) is 8.19. The summed E-state index contributed by atoms with van der Waals surface area (Å²) in [7, 11) is 0. The van der Waals surface area contributed by atoms with E-state index in [1.54, 1.807) is 24.3 Å². The van der Waals surface area contributed by atoms with Crippen LogP contribution in [-0.2, 0) is 24.1 Å². The molecule has 6 nitrogen and oxygen atoms in total. The maximum absolute atomic E-state index is 14.5. The zero-order valence-corrected chi connectivity index (χ0v) is 27.1. The van der Waals surface area contributed by atoms with Crippen LogP contribution in [0.25, 0.3) is 10.8 Å². The molecular formula is C39H30Cl2N2O4. The molecule has 1 aliphatic heterocycles. The molecule has 47 heavy (non-hydrogen) atoms. The van der Waals surface area contributed by atoms with E-state index in [9.17, 15) is 14.4 Å². The molecule has 0 radical (unpaired) electrons. The molecular weight excluding hydrogens is 631 g/mol. The van der Waals surface area contributed by atoms with Gasteiger partial charge in [0.1, 0.15) is 27.3 Å². The highest BCUT2D eigenvalue weighted by Crippen LogP contribution is 2.69. The quantitative estimate of drug-likeness (QED) is 0.147. The fourth-order valence-electron chi connectivity index (χ4n) is 7.92. The summed E-state index contributed by atoms with van der Waals surface area (Å²) in [5.41, 5.74) is 3.38. The van der Waals surface area contributed by atoms with Gasteiger partial charge in [-0.1, -0.05) is 98.8 Å². The molecule has 0 unspecified atom stereocenters. The summed E-state index contributed by atoms with van der Waals surface area (Å²) >= 11 is 15.1. The molecule has 1 N–H and O–H groups in total. The lowest BCUT2D eigenvalue weighted by Gasteiger charge is -2.54. The minimum atomic E-state index is -1.31. The number of carbonyl (C=O) groups is 3. The number of alkyl halides is 2. The molecule has 5 aromatic carbocycles. The first-order valence-corrected chi connectivity index (χ1v) is 16.4. The monoisotopic (exact) mass is 660 g/mol. The van der Waals surface area contributed by atoms with Crippen molar-refractivity contribution in [2.75, 3.05) is 5.32 Å². The van der Waals surface area contributed by atoms with Gasteiger partial charge in [-0.25, -0.2) is 0 Å². The molecule has 0 saturated carbocycles. The van der Waals surface area contributed by atoms with E-state index in [0.717, 1.165) is 43.7 Å². The van der Waals surface area contributed by atoms with Gasteiger partial charge in [-0.3, -0.25) is 19.3 Å². The summed E-state index contributed by atoms with van der Waals surface area (Å²) in [5.74, 6) is -2.47. The van der Waals surface area contributed by atoms with Gasteiger partial charge in [-0.05, 0) is 63.9 Å². The molecule has 8 heteroatoms. The summed E-state index contributed by atoms with van der Waals surface area (Å²) < 4.78 is 6.16. The summed E-state index contributed by atoms with van der Waals surface area (Å²) in [6.07, 6.45) is 0. The number of rotatable bonds is 6. The first kappa shape index (κ1) is 29.7. The first-order chi connectivity index (χ1) is 22.7. The number of halogens is 2. The summed E-state index contributed by atoms with van der Waals surface area (Å²) in [6.45, 7) is 3.64. The molecule has 9 rings (SSSR count). The van der Waals surface area contributed by atoms with Crippen LogP contribution in [0.1, 0.15) is 36.1 Å². The Labute approximate surface area is 282 Å². The fourth-order valence-corrected chi connectivity index (χ4v) is 9.01. The number of amides is 3. The molecule has 0 spiro atoms. The van der Waals surface area contributed by atoms with E-state index >= 15 is 0 Å². The Hall–Kier alpha value is -4.65. The van der Waals surface area contributed by atoms with E-state index in [0.29, 0.717) is 11.4 Å². The minimum absolute atomic E-state index is 0.392. The molecule has 3 amide bonds. The number of hydrogen-bond donors (Lipinski definition) is 1. The molecule has 3 atom stereocenters. The van der Waals surface area contributed by atoms with Crippen molar-refractivity contribution in [3.63, 3.8) is 0 Å². The Morgan fingerprint density at radius 1 is 0.702 bits per heavy atom. The Morgan fingerprint density at radius 2 is 1.19 bits per heavy atom. The van der Waals surface area contributed by atoms with Crippen LogP contribution in [0.3, 0.4) is 0 Å². The second-order valence-corrected chi connectivity index (χ2v) is 14.0. The van der Waals surface area contributed by atoms with Crippen molar-refractivity contribution in [3.8, 4) is 11.5 Å². The number of imide groups is 1. The third-order valence-corrected chi connectivity index (χ3v) is 11.2. The lowest BCUT2D eigenvalue weighted by molar-refractivity contribution is -0.148. The normalized spacial score (nSPS) is 24.6. The fraction of sp³-hybridized carbons (Fsp3) is 0.205. The Bertz CT molecular complexity index is 1980. The van der Waals surface area contributed by atoms with Gasteiger partial charge in [0.2, 0.25) is 17.7 Å². The zero-order valence-electron chi connectivity index (χ0n) is 25.6. The van der Waals surface area contributed by atoms with Crippen molar-refractivity contribution in [1.82, 2.24) is 4.90 Å². The Morgan fingerprint density at radius 3 is 1.72 bits per heavy atom. The van der Waals surface area contributed by atoms with Gasteiger partial charge in [0.25, 0.3) is 0 Å². The number of anilines is 1. The largest absolute Gasteiger partial charge is 0.457 e. The molecule has 1 heterocycles. The average Bonchev–Trinajstić information content (AvgIpc) is 3.35.